The van der Waals surface area contributed by atoms with Gasteiger partial charge in [-0.15, -0.1) is 0 Å². The van der Waals surface area contributed by atoms with Gasteiger partial charge in [-0.1, -0.05) is 36.4 Å². The minimum Gasteiger partial charge on any atom is -0.497 e. The Balaban J connectivity index is 1.31. The number of methoxy groups -OCH3 is 1. The summed E-state index contributed by atoms with van der Waals surface area (Å²) >= 11 is 0. The van der Waals surface area contributed by atoms with Crippen LogP contribution in [0.1, 0.15) is 48.5 Å². The zero-order valence-corrected chi connectivity index (χ0v) is 16.7. The van der Waals surface area contributed by atoms with E-state index in [0.717, 1.165) is 31.6 Å². The van der Waals surface area contributed by atoms with Crippen molar-refractivity contribution in [1.82, 2.24) is 4.90 Å². The Hall–Kier alpha value is -1.88. The molecule has 4 nitrogen and oxygen atoms in total. The first-order valence-corrected chi connectivity index (χ1v) is 10.5. The van der Waals surface area contributed by atoms with Gasteiger partial charge in [-0.25, -0.2) is 0 Å². The van der Waals surface area contributed by atoms with Crippen LogP contribution in [0.4, 0.5) is 0 Å². The molecular formula is C24H31NO3. The third-order valence-electron chi connectivity index (χ3n) is 5.86. The Kier molecular flexibility index (Phi) is 6.30. The highest BCUT2D eigenvalue weighted by atomic mass is 16.5. The van der Waals surface area contributed by atoms with Crippen LogP contribution in [0.5, 0.6) is 5.75 Å². The maximum Gasteiger partial charge on any atom is 0.118 e. The molecule has 0 saturated heterocycles. The minimum absolute atomic E-state index is 0.121. The lowest BCUT2D eigenvalue weighted by Gasteiger charge is -2.29. The molecule has 0 spiro atoms. The molecule has 1 saturated carbocycles. The van der Waals surface area contributed by atoms with Crippen LogP contribution in [0.2, 0.25) is 0 Å². The predicted octanol–water partition coefficient (Wildman–Crippen LogP) is 4.11. The van der Waals surface area contributed by atoms with Gasteiger partial charge in [-0.2, -0.15) is 0 Å². The number of hydrogen-bond donors (Lipinski definition) is 1. The summed E-state index contributed by atoms with van der Waals surface area (Å²) in [6, 6.07) is 17.4. The SMILES string of the molecule is COc1ccc(CN(CC(O)COC2CCCc3ccccc32)C2CC2)cc1. The standard InChI is InChI=1S/C24H31NO3/c1-27-22-13-9-18(10-14-22)15-25(20-11-12-20)16-21(26)17-28-24-8-4-6-19-5-2-3-7-23(19)24/h2-3,5,7,9-10,13-14,20-21,24,26H,4,6,8,11-12,15-17H2,1H3. The van der Waals surface area contributed by atoms with Crippen LogP contribution in [-0.4, -0.2) is 42.4 Å². The number of benzene rings is 2. The Morgan fingerprint density at radius 1 is 1.07 bits per heavy atom. The van der Waals surface area contributed by atoms with Crippen LogP contribution < -0.4 is 4.74 Å². The molecule has 0 aliphatic heterocycles. The number of ether oxygens (including phenoxy) is 2. The van der Waals surface area contributed by atoms with Gasteiger partial charge in [-0.05, 0) is 60.9 Å². The Morgan fingerprint density at radius 3 is 2.61 bits per heavy atom. The molecule has 0 amide bonds. The van der Waals surface area contributed by atoms with Crippen molar-refractivity contribution in [3.05, 3.63) is 65.2 Å². The number of aliphatic hydroxyl groups is 1. The van der Waals surface area contributed by atoms with E-state index in [1.54, 1.807) is 7.11 Å². The average molecular weight is 382 g/mol. The lowest BCUT2D eigenvalue weighted by atomic mass is 9.89. The van der Waals surface area contributed by atoms with Crippen molar-refractivity contribution in [1.29, 1.82) is 0 Å². The Morgan fingerprint density at radius 2 is 1.86 bits per heavy atom. The highest BCUT2D eigenvalue weighted by molar-refractivity contribution is 5.31. The zero-order valence-electron chi connectivity index (χ0n) is 16.7. The van der Waals surface area contributed by atoms with Crippen LogP contribution in [0.15, 0.2) is 48.5 Å². The van der Waals surface area contributed by atoms with E-state index >= 15 is 0 Å². The van der Waals surface area contributed by atoms with E-state index < -0.39 is 6.10 Å². The van der Waals surface area contributed by atoms with Gasteiger partial charge < -0.3 is 14.6 Å². The first kappa shape index (κ1) is 19.4. The van der Waals surface area contributed by atoms with Gasteiger partial charge in [0.2, 0.25) is 0 Å². The van der Waals surface area contributed by atoms with Crippen molar-refractivity contribution in [3.63, 3.8) is 0 Å². The van der Waals surface area contributed by atoms with Crippen molar-refractivity contribution in [2.75, 3.05) is 20.3 Å². The normalized spacial score (nSPS) is 20.0. The van der Waals surface area contributed by atoms with E-state index in [-0.39, 0.29) is 6.10 Å². The van der Waals surface area contributed by atoms with Gasteiger partial charge in [0.1, 0.15) is 5.75 Å². The van der Waals surface area contributed by atoms with Gasteiger partial charge in [0.05, 0.1) is 25.9 Å². The number of nitrogens with zero attached hydrogens (tertiary/aromatic N) is 1. The number of hydrogen-bond acceptors (Lipinski definition) is 4. The van der Waals surface area contributed by atoms with E-state index in [2.05, 4.69) is 41.3 Å². The molecule has 2 aromatic rings. The highest BCUT2D eigenvalue weighted by Crippen LogP contribution is 2.33. The summed E-state index contributed by atoms with van der Waals surface area (Å²) in [7, 11) is 1.69. The van der Waals surface area contributed by atoms with Crippen LogP contribution in [0.25, 0.3) is 0 Å². The number of fused-ring (bicyclic) bond motifs is 1. The second kappa shape index (κ2) is 9.08. The molecule has 2 aliphatic rings. The van der Waals surface area contributed by atoms with Crippen LogP contribution in [0, 0.1) is 0 Å². The van der Waals surface area contributed by atoms with Gasteiger partial charge in [0.15, 0.2) is 0 Å². The Bertz CT molecular complexity index is 757. The van der Waals surface area contributed by atoms with Crippen molar-refractivity contribution < 1.29 is 14.6 Å². The van der Waals surface area contributed by atoms with E-state index in [4.69, 9.17) is 9.47 Å². The molecule has 0 radical (unpaired) electrons. The summed E-state index contributed by atoms with van der Waals surface area (Å²) < 4.78 is 11.4. The quantitative estimate of drug-likeness (QED) is 0.710. The smallest absolute Gasteiger partial charge is 0.118 e. The lowest BCUT2D eigenvalue weighted by Crippen LogP contribution is -2.36. The Labute approximate surface area is 168 Å². The summed E-state index contributed by atoms with van der Waals surface area (Å²) in [5, 5.41) is 10.6. The fourth-order valence-electron chi connectivity index (χ4n) is 4.18. The molecular weight excluding hydrogens is 350 g/mol. The van der Waals surface area contributed by atoms with Gasteiger partial charge >= 0.3 is 0 Å². The van der Waals surface area contributed by atoms with Gasteiger partial charge in [-0.3, -0.25) is 4.90 Å². The third kappa shape index (κ3) is 4.93. The summed E-state index contributed by atoms with van der Waals surface area (Å²) in [6.45, 7) is 1.91. The largest absolute Gasteiger partial charge is 0.497 e. The molecule has 2 aromatic carbocycles. The lowest BCUT2D eigenvalue weighted by molar-refractivity contribution is -0.0298. The maximum atomic E-state index is 10.6. The van der Waals surface area contributed by atoms with E-state index in [0.29, 0.717) is 19.2 Å². The molecule has 0 aromatic heterocycles. The molecule has 28 heavy (non-hydrogen) atoms. The second-order valence-corrected chi connectivity index (χ2v) is 8.08. The van der Waals surface area contributed by atoms with Gasteiger partial charge in [0.25, 0.3) is 0 Å². The zero-order chi connectivity index (χ0) is 19.3. The molecule has 4 heteroatoms. The molecule has 1 N–H and O–H groups in total. The number of aliphatic hydroxyl groups excluding tert-OH is 1. The minimum atomic E-state index is -0.465. The van der Waals surface area contributed by atoms with Crippen LogP contribution in [0.3, 0.4) is 0 Å². The molecule has 150 valence electrons. The monoisotopic (exact) mass is 381 g/mol. The highest BCUT2D eigenvalue weighted by Gasteiger charge is 2.30. The molecule has 2 unspecified atom stereocenters. The van der Waals surface area contributed by atoms with Crippen molar-refractivity contribution in [2.24, 2.45) is 0 Å². The fraction of sp³-hybridized carbons (Fsp3) is 0.500. The van der Waals surface area contributed by atoms with Crippen molar-refractivity contribution in [3.8, 4) is 5.75 Å². The van der Waals surface area contributed by atoms with E-state index in [1.807, 2.05) is 12.1 Å². The number of aryl methyl sites for hydroxylation is 1. The summed E-state index contributed by atoms with van der Waals surface area (Å²) in [5.41, 5.74) is 3.95. The molecule has 4 rings (SSSR count). The summed E-state index contributed by atoms with van der Waals surface area (Å²) in [4.78, 5) is 2.39. The topological polar surface area (TPSA) is 41.9 Å². The second-order valence-electron chi connectivity index (χ2n) is 8.08. The fourth-order valence-corrected chi connectivity index (χ4v) is 4.18. The molecule has 0 heterocycles. The molecule has 2 aliphatic carbocycles. The van der Waals surface area contributed by atoms with Crippen LogP contribution >= 0.6 is 0 Å². The first-order chi connectivity index (χ1) is 13.7. The molecule has 1 fully saturated rings. The first-order valence-electron chi connectivity index (χ1n) is 10.5. The molecule has 0 bridgehead atoms. The predicted molar refractivity (Wildman–Crippen MR) is 111 cm³/mol. The summed E-state index contributed by atoms with van der Waals surface area (Å²) in [5.74, 6) is 0.878. The van der Waals surface area contributed by atoms with E-state index in [1.165, 1.54) is 29.5 Å². The van der Waals surface area contributed by atoms with Crippen molar-refractivity contribution in [2.45, 2.75) is 56.9 Å². The third-order valence-corrected chi connectivity index (χ3v) is 5.86. The van der Waals surface area contributed by atoms with E-state index in [9.17, 15) is 5.11 Å². The molecule has 2 atom stereocenters. The van der Waals surface area contributed by atoms with Gasteiger partial charge in [0, 0.05) is 19.1 Å². The van der Waals surface area contributed by atoms with Crippen LogP contribution in [-0.2, 0) is 17.7 Å². The average Bonchev–Trinajstić information content (AvgIpc) is 3.58. The summed E-state index contributed by atoms with van der Waals surface area (Å²) in [6.07, 6.45) is 5.43. The maximum absolute atomic E-state index is 10.6. The number of rotatable bonds is 9. The van der Waals surface area contributed by atoms with Crippen molar-refractivity contribution >= 4 is 0 Å².